The molecule has 0 amide bonds. The number of hydrogen-bond acceptors (Lipinski definition) is 3. The first-order valence-corrected chi connectivity index (χ1v) is 2.57. The molecule has 0 atom stereocenters. The number of rotatable bonds is 2. The van der Waals surface area contributed by atoms with E-state index in [1.54, 1.807) is 6.92 Å². The Bertz CT molecular complexity index is 142. The molecule has 0 N–H and O–H groups in total. The van der Waals surface area contributed by atoms with Gasteiger partial charge in [-0.25, -0.2) is 4.79 Å². The van der Waals surface area contributed by atoms with E-state index in [1.165, 1.54) is 0 Å². The molecule has 0 bridgehead atoms. The molecule has 0 aromatic heterocycles. The van der Waals surface area contributed by atoms with Crippen molar-refractivity contribution >= 4 is 11.9 Å². The zero-order chi connectivity index (χ0) is 7.28. The molecule has 0 heterocycles. The summed E-state index contributed by atoms with van der Waals surface area (Å²) in [4.78, 5) is 20.5. The number of carbonyl (C=O) groups is 2. The van der Waals surface area contributed by atoms with Gasteiger partial charge in [0.15, 0.2) is 0 Å². The van der Waals surface area contributed by atoms with Crippen molar-refractivity contribution < 1.29 is 33.8 Å². The molecule has 10 heavy (non-hydrogen) atoms. The molecule has 4 heteroatoms. The van der Waals surface area contributed by atoms with Gasteiger partial charge >= 0.3 is 11.9 Å². The van der Waals surface area contributed by atoms with Gasteiger partial charge in [0.25, 0.3) is 0 Å². The van der Waals surface area contributed by atoms with Crippen molar-refractivity contribution in [3.63, 3.8) is 0 Å². The average molecular weight is 194 g/mol. The molecular weight excluding hydrogens is 185 g/mol. The summed E-state index contributed by atoms with van der Waals surface area (Å²) >= 11 is 0. The molecule has 0 saturated carbocycles. The Morgan fingerprint density at radius 1 is 1.60 bits per heavy atom. The largest absolute Gasteiger partial charge is 0.390 e. The predicted octanol–water partition coefficient (Wildman–Crippen LogP) is 0.650. The first-order valence-electron chi connectivity index (χ1n) is 2.57. The van der Waals surface area contributed by atoms with E-state index in [0.29, 0.717) is 0 Å². The molecule has 0 aliphatic carbocycles. The normalized spacial score (nSPS) is 7.30. The first kappa shape index (κ1) is 12.2. The van der Waals surface area contributed by atoms with Gasteiger partial charge in [0, 0.05) is 32.0 Å². The zero-order valence-electron chi connectivity index (χ0n) is 5.92. The van der Waals surface area contributed by atoms with Crippen LogP contribution in [-0.2, 0) is 33.8 Å². The molecule has 0 aliphatic heterocycles. The summed E-state index contributed by atoms with van der Waals surface area (Å²) in [6.45, 7) is 4.73. The van der Waals surface area contributed by atoms with Crippen molar-refractivity contribution in [2.24, 2.45) is 0 Å². The van der Waals surface area contributed by atoms with E-state index in [-0.39, 0.29) is 25.9 Å². The monoisotopic (exact) mass is 192 g/mol. The van der Waals surface area contributed by atoms with E-state index in [9.17, 15) is 9.59 Å². The molecule has 0 aliphatic rings. The van der Waals surface area contributed by atoms with Crippen LogP contribution < -0.4 is 0 Å². The summed E-state index contributed by atoms with van der Waals surface area (Å²) in [6.07, 6.45) is 1.16. The Balaban J connectivity index is 0. The summed E-state index contributed by atoms with van der Waals surface area (Å²) in [7, 11) is 0. The Morgan fingerprint density at radius 2 is 2.10 bits per heavy atom. The zero-order valence-corrected chi connectivity index (χ0v) is 8.89. The Labute approximate surface area is 72.2 Å². The van der Waals surface area contributed by atoms with Gasteiger partial charge < -0.3 is 4.74 Å². The summed E-state index contributed by atoms with van der Waals surface area (Å²) in [6, 6.07) is 0. The second-order valence-corrected chi connectivity index (χ2v) is 1.35. The molecule has 0 saturated heterocycles. The van der Waals surface area contributed by atoms with Crippen molar-refractivity contribution in [2.75, 3.05) is 0 Å². The molecule has 0 rings (SSSR count). The molecule has 0 radical (unpaired) electrons. The second-order valence-electron chi connectivity index (χ2n) is 1.35. The fourth-order valence-corrected chi connectivity index (χ4v) is 0.226. The van der Waals surface area contributed by atoms with Crippen molar-refractivity contribution in [3.05, 3.63) is 12.7 Å². The van der Waals surface area contributed by atoms with Gasteiger partial charge in [-0.2, -0.15) is 0 Å². The van der Waals surface area contributed by atoms with Gasteiger partial charge in [0.1, 0.15) is 0 Å². The molecule has 0 spiro atoms. The van der Waals surface area contributed by atoms with Crippen LogP contribution in [0.1, 0.15) is 13.3 Å². The van der Waals surface area contributed by atoms with Gasteiger partial charge in [-0.15, -0.1) is 0 Å². The van der Waals surface area contributed by atoms with Gasteiger partial charge in [-0.3, -0.25) is 4.79 Å². The minimum atomic E-state index is -0.693. The summed E-state index contributed by atoms with van der Waals surface area (Å²) in [5.41, 5.74) is 0. The maximum Gasteiger partial charge on any atom is 0.337 e. The van der Waals surface area contributed by atoms with Gasteiger partial charge in [-0.05, 0) is 0 Å². The minimum absolute atomic E-state index is 0. The molecule has 0 aromatic rings. The number of carbonyl (C=O) groups excluding carboxylic acids is 2. The van der Waals surface area contributed by atoms with Crippen LogP contribution in [-0.4, -0.2) is 11.9 Å². The van der Waals surface area contributed by atoms with E-state index >= 15 is 0 Å². The molecule has 3 nitrogen and oxygen atoms in total. The summed E-state index contributed by atoms with van der Waals surface area (Å²) in [5.74, 6) is -1.22. The fourth-order valence-electron chi connectivity index (χ4n) is 0.226. The maximum atomic E-state index is 10.3. The van der Waals surface area contributed by atoms with Crippen LogP contribution in [0.2, 0.25) is 0 Å². The van der Waals surface area contributed by atoms with Crippen molar-refractivity contribution in [1.29, 1.82) is 0 Å². The number of hydrogen-bond donors (Lipinski definition) is 0. The van der Waals surface area contributed by atoms with Crippen molar-refractivity contribution in [3.8, 4) is 0 Å². The van der Waals surface area contributed by atoms with Crippen LogP contribution in [0.25, 0.3) is 0 Å². The fraction of sp³-hybridized carbons (Fsp3) is 0.333. The van der Waals surface area contributed by atoms with Gasteiger partial charge in [0.2, 0.25) is 0 Å². The van der Waals surface area contributed by atoms with Crippen LogP contribution in [0.15, 0.2) is 12.7 Å². The topological polar surface area (TPSA) is 43.4 Å². The second kappa shape index (κ2) is 6.62. The molecular formula is C6H8O3Zn. The van der Waals surface area contributed by atoms with Gasteiger partial charge in [0.05, 0.1) is 0 Å². The SMILES string of the molecule is C=CC(=O)OC(=O)CC.[Zn]. The quantitative estimate of drug-likeness (QED) is 0.280. The van der Waals surface area contributed by atoms with E-state index in [4.69, 9.17) is 0 Å². The maximum absolute atomic E-state index is 10.3. The summed E-state index contributed by atoms with van der Waals surface area (Å²) in [5, 5.41) is 0. The Morgan fingerprint density at radius 3 is 2.40 bits per heavy atom. The van der Waals surface area contributed by atoms with Gasteiger partial charge in [-0.1, -0.05) is 13.5 Å². The third-order valence-corrected chi connectivity index (χ3v) is 0.670. The first-order chi connectivity index (χ1) is 4.20. The predicted molar refractivity (Wildman–Crippen MR) is 31.6 cm³/mol. The molecule has 52 valence electrons. The van der Waals surface area contributed by atoms with E-state index in [1.807, 2.05) is 0 Å². The Hall–Kier alpha value is -0.497. The smallest absolute Gasteiger partial charge is 0.337 e. The number of ether oxygens (including phenoxy) is 1. The van der Waals surface area contributed by atoms with Crippen LogP contribution in [0.4, 0.5) is 0 Å². The summed E-state index contributed by atoms with van der Waals surface area (Å²) < 4.78 is 4.15. The Kier molecular flexibility index (Phi) is 8.08. The van der Waals surface area contributed by atoms with E-state index < -0.39 is 11.9 Å². The van der Waals surface area contributed by atoms with E-state index in [2.05, 4.69) is 11.3 Å². The van der Waals surface area contributed by atoms with Crippen molar-refractivity contribution in [2.45, 2.75) is 13.3 Å². The average Bonchev–Trinajstić information content (AvgIpc) is 1.87. The molecule has 0 aromatic carbocycles. The number of esters is 2. The standard InChI is InChI=1S/C6H8O3.Zn/c1-3-5(7)9-6(8)4-2;/h3H,1,4H2,2H3;. The third-order valence-electron chi connectivity index (χ3n) is 0.670. The third kappa shape index (κ3) is 5.64. The van der Waals surface area contributed by atoms with E-state index in [0.717, 1.165) is 6.08 Å². The van der Waals surface area contributed by atoms with Crippen molar-refractivity contribution in [1.82, 2.24) is 0 Å². The van der Waals surface area contributed by atoms with Crippen LogP contribution in [0, 0.1) is 0 Å². The van der Waals surface area contributed by atoms with Crippen LogP contribution in [0.5, 0.6) is 0 Å². The minimum Gasteiger partial charge on any atom is -0.390 e. The van der Waals surface area contributed by atoms with Crippen LogP contribution in [0.3, 0.4) is 0 Å². The molecule has 0 fully saturated rings. The molecule has 0 unspecified atom stereocenters. The van der Waals surface area contributed by atoms with Crippen LogP contribution >= 0.6 is 0 Å².